The van der Waals surface area contributed by atoms with E-state index in [1.54, 1.807) is 12.1 Å². The number of benzene rings is 2. The van der Waals surface area contributed by atoms with Crippen molar-refractivity contribution in [3.05, 3.63) is 65.0 Å². The van der Waals surface area contributed by atoms with Crippen LogP contribution in [0.4, 0.5) is 4.39 Å². The molecule has 0 aliphatic heterocycles. The van der Waals surface area contributed by atoms with Gasteiger partial charge in [0.05, 0.1) is 5.56 Å². The molecule has 0 fully saturated rings. The zero-order chi connectivity index (χ0) is 13.8. The maximum Gasteiger partial charge on any atom is 0.137 e. The highest BCUT2D eigenvalue weighted by Gasteiger charge is 2.12. The van der Waals surface area contributed by atoms with Crippen molar-refractivity contribution in [1.29, 1.82) is 0 Å². The first-order chi connectivity index (χ1) is 9.09. The number of aryl methyl sites for hydroxylation is 1. The minimum atomic E-state index is -0.463. The largest absolute Gasteiger partial charge is 0.488 e. The van der Waals surface area contributed by atoms with Crippen molar-refractivity contribution in [1.82, 2.24) is 0 Å². The lowest BCUT2D eigenvalue weighted by molar-refractivity contribution is 0.303. The van der Waals surface area contributed by atoms with E-state index in [4.69, 9.17) is 22.7 Å². The summed E-state index contributed by atoms with van der Waals surface area (Å²) in [4.78, 5) is -0.00196. The van der Waals surface area contributed by atoms with Gasteiger partial charge in [-0.05, 0) is 30.2 Å². The highest BCUT2D eigenvalue weighted by Crippen LogP contribution is 2.23. The van der Waals surface area contributed by atoms with Gasteiger partial charge >= 0.3 is 0 Å². The van der Waals surface area contributed by atoms with E-state index in [9.17, 15) is 4.39 Å². The SMILES string of the molecule is Cc1ccccc1COc1cccc(F)c1C(N)=S. The second-order valence-corrected chi connectivity index (χ2v) is 4.63. The molecule has 0 heterocycles. The van der Waals surface area contributed by atoms with Gasteiger partial charge in [0.15, 0.2) is 0 Å². The van der Waals surface area contributed by atoms with Gasteiger partial charge in [-0.15, -0.1) is 0 Å². The third-order valence-electron chi connectivity index (χ3n) is 2.87. The predicted molar refractivity (Wildman–Crippen MR) is 77.8 cm³/mol. The first-order valence-corrected chi connectivity index (χ1v) is 6.26. The summed E-state index contributed by atoms with van der Waals surface area (Å²) >= 11 is 4.85. The number of ether oxygens (including phenoxy) is 1. The van der Waals surface area contributed by atoms with Crippen LogP contribution >= 0.6 is 12.2 Å². The fourth-order valence-electron chi connectivity index (χ4n) is 1.79. The Balaban J connectivity index is 2.23. The molecule has 4 heteroatoms. The van der Waals surface area contributed by atoms with Crippen LogP contribution in [0.2, 0.25) is 0 Å². The monoisotopic (exact) mass is 275 g/mol. The van der Waals surface area contributed by atoms with E-state index >= 15 is 0 Å². The molecule has 0 amide bonds. The lowest BCUT2D eigenvalue weighted by Crippen LogP contribution is -2.14. The molecule has 0 aromatic heterocycles. The van der Waals surface area contributed by atoms with Gasteiger partial charge in [-0.3, -0.25) is 0 Å². The molecule has 0 radical (unpaired) electrons. The van der Waals surface area contributed by atoms with Crippen LogP contribution in [0.3, 0.4) is 0 Å². The molecule has 0 spiro atoms. The summed E-state index contributed by atoms with van der Waals surface area (Å²) in [5.41, 5.74) is 7.85. The van der Waals surface area contributed by atoms with Gasteiger partial charge in [0.25, 0.3) is 0 Å². The summed E-state index contributed by atoms with van der Waals surface area (Å²) < 4.78 is 19.3. The number of thiocarbonyl (C=S) groups is 1. The molecule has 0 saturated heterocycles. The number of hydrogen-bond acceptors (Lipinski definition) is 2. The molecular weight excluding hydrogens is 261 g/mol. The van der Waals surface area contributed by atoms with Crippen molar-refractivity contribution in [2.75, 3.05) is 0 Å². The van der Waals surface area contributed by atoms with Crippen LogP contribution in [-0.2, 0) is 6.61 Å². The average molecular weight is 275 g/mol. The van der Waals surface area contributed by atoms with E-state index in [0.29, 0.717) is 12.4 Å². The van der Waals surface area contributed by atoms with Crippen LogP contribution in [0.5, 0.6) is 5.75 Å². The van der Waals surface area contributed by atoms with E-state index in [1.807, 2.05) is 31.2 Å². The maximum absolute atomic E-state index is 13.7. The van der Waals surface area contributed by atoms with Gasteiger partial charge in [0.1, 0.15) is 23.2 Å². The van der Waals surface area contributed by atoms with Gasteiger partial charge < -0.3 is 10.5 Å². The molecule has 98 valence electrons. The lowest BCUT2D eigenvalue weighted by Gasteiger charge is -2.12. The van der Waals surface area contributed by atoms with Crippen LogP contribution in [-0.4, -0.2) is 4.99 Å². The van der Waals surface area contributed by atoms with Gasteiger partial charge in [-0.1, -0.05) is 42.5 Å². The van der Waals surface area contributed by atoms with Crippen LogP contribution in [0, 0.1) is 12.7 Å². The van der Waals surface area contributed by atoms with E-state index in [0.717, 1.165) is 11.1 Å². The molecule has 2 aromatic carbocycles. The van der Waals surface area contributed by atoms with Gasteiger partial charge in [-0.25, -0.2) is 4.39 Å². The van der Waals surface area contributed by atoms with Gasteiger partial charge in [0, 0.05) is 0 Å². The predicted octanol–water partition coefficient (Wildman–Crippen LogP) is 3.35. The molecule has 2 aromatic rings. The average Bonchev–Trinajstić information content (AvgIpc) is 2.37. The van der Waals surface area contributed by atoms with Crippen molar-refractivity contribution >= 4 is 17.2 Å². The molecule has 2 N–H and O–H groups in total. The number of halogens is 1. The summed E-state index contributed by atoms with van der Waals surface area (Å²) in [7, 11) is 0. The summed E-state index contributed by atoms with van der Waals surface area (Å²) in [5, 5.41) is 0. The van der Waals surface area contributed by atoms with E-state index in [1.165, 1.54) is 6.07 Å². The third kappa shape index (κ3) is 3.09. The topological polar surface area (TPSA) is 35.2 Å². The first-order valence-electron chi connectivity index (χ1n) is 5.85. The highest BCUT2D eigenvalue weighted by molar-refractivity contribution is 7.80. The molecule has 0 bridgehead atoms. The van der Waals surface area contributed by atoms with Crippen LogP contribution in [0.25, 0.3) is 0 Å². The zero-order valence-corrected chi connectivity index (χ0v) is 11.3. The maximum atomic E-state index is 13.7. The Morgan fingerprint density at radius 3 is 2.63 bits per heavy atom. The van der Waals surface area contributed by atoms with Crippen LogP contribution < -0.4 is 10.5 Å². The Hall–Kier alpha value is -1.94. The quantitative estimate of drug-likeness (QED) is 0.869. The Morgan fingerprint density at radius 1 is 1.21 bits per heavy atom. The number of nitrogens with two attached hydrogens (primary N) is 1. The molecular formula is C15H14FNOS. The Labute approximate surface area is 117 Å². The first kappa shape index (κ1) is 13.5. The van der Waals surface area contributed by atoms with E-state index in [2.05, 4.69) is 0 Å². The molecule has 0 atom stereocenters. The highest BCUT2D eigenvalue weighted by atomic mass is 32.1. The molecule has 2 nitrogen and oxygen atoms in total. The summed E-state index contributed by atoms with van der Waals surface area (Å²) in [6.07, 6.45) is 0. The normalized spacial score (nSPS) is 10.2. The van der Waals surface area contributed by atoms with E-state index in [-0.39, 0.29) is 10.6 Å². The van der Waals surface area contributed by atoms with Crippen molar-refractivity contribution in [2.24, 2.45) is 5.73 Å². The molecule has 2 rings (SSSR count). The molecule has 0 aliphatic rings. The molecule has 0 unspecified atom stereocenters. The van der Waals surface area contributed by atoms with Crippen molar-refractivity contribution in [2.45, 2.75) is 13.5 Å². The smallest absolute Gasteiger partial charge is 0.137 e. The van der Waals surface area contributed by atoms with Crippen molar-refractivity contribution in [3.63, 3.8) is 0 Å². The standard InChI is InChI=1S/C15H14FNOS/c1-10-5-2-3-6-11(10)9-18-13-8-4-7-12(16)14(13)15(17)19/h2-8H,9H2,1H3,(H2,17,19). The molecule has 0 saturated carbocycles. The van der Waals surface area contributed by atoms with Gasteiger partial charge in [-0.2, -0.15) is 0 Å². The second kappa shape index (κ2) is 5.80. The fourth-order valence-corrected chi connectivity index (χ4v) is 1.99. The van der Waals surface area contributed by atoms with Crippen LogP contribution in [0.15, 0.2) is 42.5 Å². The molecule has 19 heavy (non-hydrogen) atoms. The summed E-state index contributed by atoms with van der Waals surface area (Å²) in [6, 6.07) is 12.4. The Bertz CT molecular complexity index is 613. The molecule has 0 aliphatic carbocycles. The second-order valence-electron chi connectivity index (χ2n) is 4.19. The Morgan fingerprint density at radius 2 is 1.95 bits per heavy atom. The van der Waals surface area contributed by atoms with Crippen LogP contribution in [0.1, 0.15) is 16.7 Å². The zero-order valence-electron chi connectivity index (χ0n) is 10.5. The minimum absolute atomic E-state index is 0.00196. The fraction of sp³-hybridized carbons (Fsp3) is 0.133. The number of hydrogen-bond donors (Lipinski definition) is 1. The van der Waals surface area contributed by atoms with E-state index < -0.39 is 5.82 Å². The third-order valence-corrected chi connectivity index (χ3v) is 3.07. The van der Waals surface area contributed by atoms with Crippen molar-refractivity contribution in [3.8, 4) is 5.75 Å². The lowest BCUT2D eigenvalue weighted by atomic mass is 10.1. The summed E-state index contributed by atoms with van der Waals surface area (Å²) in [5.74, 6) is -0.0921. The Kier molecular flexibility index (Phi) is 4.12. The number of rotatable bonds is 4. The van der Waals surface area contributed by atoms with Gasteiger partial charge in [0.2, 0.25) is 0 Å². The summed E-state index contributed by atoms with van der Waals surface area (Å²) in [6.45, 7) is 2.35. The minimum Gasteiger partial charge on any atom is -0.488 e. The van der Waals surface area contributed by atoms with Crippen molar-refractivity contribution < 1.29 is 9.13 Å².